The molecule has 0 amide bonds. The number of nitro benzene ring substituents is 1. The zero-order valence-electron chi connectivity index (χ0n) is 12.9. The molecule has 6 nitrogen and oxygen atoms in total. The van der Waals surface area contributed by atoms with Crippen molar-refractivity contribution in [3.05, 3.63) is 63.7 Å². The molecule has 122 valence electrons. The van der Waals surface area contributed by atoms with E-state index in [2.05, 4.69) is 5.32 Å². The van der Waals surface area contributed by atoms with Crippen LogP contribution in [0.3, 0.4) is 0 Å². The molecule has 0 bridgehead atoms. The zero-order chi connectivity index (χ0) is 17.0. The van der Waals surface area contributed by atoms with Gasteiger partial charge in [-0.05, 0) is 31.0 Å². The summed E-state index contributed by atoms with van der Waals surface area (Å²) in [6.45, 7) is 2.47. The molecule has 1 N–H and O–H groups in total. The van der Waals surface area contributed by atoms with Gasteiger partial charge in [-0.1, -0.05) is 35.9 Å². The molecule has 0 saturated carbocycles. The van der Waals surface area contributed by atoms with E-state index in [4.69, 9.17) is 0 Å². The summed E-state index contributed by atoms with van der Waals surface area (Å²) in [4.78, 5) is 10.3. The predicted octanol–water partition coefficient (Wildman–Crippen LogP) is 2.96. The maximum absolute atomic E-state index is 11.7. The molecule has 0 aromatic heterocycles. The lowest BCUT2D eigenvalue weighted by Crippen LogP contribution is -2.10. The third-order valence-corrected chi connectivity index (χ3v) is 4.56. The summed E-state index contributed by atoms with van der Waals surface area (Å²) in [6.07, 6.45) is 1.64. The summed E-state index contributed by atoms with van der Waals surface area (Å²) < 4.78 is 23.4. The molecule has 2 aromatic carbocycles. The summed E-state index contributed by atoms with van der Waals surface area (Å²) in [5.41, 5.74) is 2.08. The molecular weight excluding hydrogens is 316 g/mol. The summed E-state index contributed by atoms with van der Waals surface area (Å²) >= 11 is 0. The van der Waals surface area contributed by atoms with Crippen LogP contribution in [0.4, 0.5) is 11.4 Å². The van der Waals surface area contributed by atoms with Crippen LogP contribution in [0, 0.1) is 17.0 Å². The van der Waals surface area contributed by atoms with Crippen molar-refractivity contribution < 1.29 is 13.3 Å². The quantitative estimate of drug-likeness (QED) is 0.648. The Kier molecular flexibility index (Phi) is 5.00. The van der Waals surface area contributed by atoms with Crippen LogP contribution >= 0.6 is 0 Å². The number of benzene rings is 2. The first-order chi connectivity index (χ1) is 10.8. The molecule has 0 spiro atoms. The molecule has 0 unspecified atom stereocenters. The van der Waals surface area contributed by atoms with Crippen molar-refractivity contribution in [3.63, 3.8) is 0 Å². The van der Waals surface area contributed by atoms with Crippen molar-refractivity contribution >= 4 is 21.2 Å². The number of hydrogen-bond acceptors (Lipinski definition) is 5. The van der Waals surface area contributed by atoms with Gasteiger partial charge in [-0.2, -0.15) is 0 Å². The third kappa shape index (κ3) is 4.29. The number of hydrogen-bond donors (Lipinski definition) is 1. The molecule has 0 aliphatic rings. The number of nitro groups is 1. The Morgan fingerprint density at radius 1 is 1.13 bits per heavy atom. The largest absolute Gasteiger partial charge is 0.379 e. The van der Waals surface area contributed by atoms with Crippen LogP contribution in [-0.4, -0.2) is 26.1 Å². The standard InChI is InChI=1S/C16H18N2O4S/c1-12-6-8-13(9-7-12)10-11-17-14-4-3-5-15(23(2,21)22)16(14)18(19)20/h3-9,17H,10-11H2,1-2H3. The fraction of sp³-hybridized carbons (Fsp3) is 0.250. The number of sulfone groups is 1. The van der Waals surface area contributed by atoms with Gasteiger partial charge in [0.25, 0.3) is 0 Å². The minimum atomic E-state index is -3.66. The molecule has 0 aliphatic heterocycles. The van der Waals surface area contributed by atoms with Crippen molar-refractivity contribution in [1.82, 2.24) is 0 Å². The van der Waals surface area contributed by atoms with Crippen LogP contribution in [0.1, 0.15) is 11.1 Å². The maximum atomic E-state index is 11.7. The average Bonchev–Trinajstić information content (AvgIpc) is 2.48. The van der Waals surface area contributed by atoms with Gasteiger partial charge in [0.15, 0.2) is 9.84 Å². The molecule has 0 aliphatic carbocycles. The van der Waals surface area contributed by atoms with Gasteiger partial charge in [-0.3, -0.25) is 10.1 Å². The molecule has 2 rings (SSSR count). The molecule has 0 radical (unpaired) electrons. The van der Waals surface area contributed by atoms with E-state index >= 15 is 0 Å². The van der Waals surface area contributed by atoms with Crippen molar-refractivity contribution in [2.24, 2.45) is 0 Å². The Balaban J connectivity index is 2.19. The van der Waals surface area contributed by atoms with Gasteiger partial charge in [0, 0.05) is 12.8 Å². The van der Waals surface area contributed by atoms with Gasteiger partial charge < -0.3 is 5.32 Å². The van der Waals surface area contributed by atoms with Crippen LogP contribution in [0.15, 0.2) is 47.4 Å². The van der Waals surface area contributed by atoms with Crippen LogP contribution in [0.25, 0.3) is 0 Å². The normalized spacial score (nSPS) is 11.2. The van der Waals surface area contributed by atoms with E-state index in [1.807, 2.05) is 31.2 Å². The number of anilines is 1. The van der Waals surface area contributed by atoms with E-state index in [1.54, 1.807) is 0 Å². The lowest BCUT2D eigenvalue weighted by atomic mass is 10.1. The monoisotopic (exact) mass is 334 g/mol. The lowest BCUT2D eigenvalue weighted by Gasteiger charge is -2.09. The van der Waals surface area contributed by atoms with Crippen LogP contribution < -0.4 is 5.32 Å². The van der Waals surface area contributed by atoms with E-state index < -0.39 is 20.4 Å². The molecule has 0 saturated heterocycles. The second-order valence-electron chi connectivity index (χ2n) is 5.34. The van der Waals surface area contributed by atoms with Crippen molar-refractivity contribution in [1.29, 1.82) is 0 Å². The number of para-hydroxylation sites is 1. The first kappa shape index (κ1) is 17.0. The van der Waals surface area contributed by atoms with Gasteiger partial charge in [-0.15, -0.1) is 0 Å². The topological polar surface area (TPSA) is 89.3 Å². The van der Waals surface area contributed by atoms with Crippen molar-refractivity contribution in [2.45, 2.75) is 18.2 Å². The predicted molar refractivity (Wildman–Crippen MR) is 89.6 cm³/mol. The second kappa shape index (κ2) is 6.78. The second-order valence-corrected chi connectivity index (χ2v) is 7.33. The highest BCUT2D eigenvalue weighted by Crippen LogP contribution is 2.31. The van der Waals surface area contributed by atoms with Gasteiger partial charge in [0.05, 0.1) is 4.92 Å². The summed E-state index contributed by atoms with van der Waals surface area (Å²) in [5, 5.41) is 14.2. The van der Waals surface area contributed by atoms with E-state index in [9.17, 15) is 18.5 Å². The molecule has 0 atom stereocenters. The van der Waals surface area contributed by atoms with E-state index in [0.717, 1.165) is 11.8 Å². The molecule has 0 fully saturated rings. The smallest absolute Gasteiger partial charge is 0.310 e. The molecule has 0 heterocycles. The summed E-state index contributed by atoms with van der Waals surface area (Å²) in [6, 6.07) is 12.3. The van der Waals surface area contributed by atoms with Crippen molar-refractivity contribution in [3.8, 4) is 0 Å². The molecule has 7 heteroatoms. The minimum absolute atomic E-state index is 0.213. The van der Waals surface area contributed by atoms with Gasteiger partial charge in [0.1, 0.15) is 10.6 Å². The fourth-order valence-electron chi connectivity index (χ4n) is 2.25. The van der Waals surface area contributed by atoms with E-state index in [0.29, 0.717) is 13.0 Å². The fourth-order valence-corrected chi connectivity index (χ4v) is 3.11. The lowest BCUT2D eigenvalue weighted by molar-refractivity contribution is -0.386. The Bertz CT molecular complexity index is 814. The van der Waals surface area contributed by atoms with Crippen LogP contribution in [-0.2, 0) is 16.3 Å². The number of nitrogens with zero attached hydrogens (tertiary/aromatic N) is 1. The zero-order valence-corrected chi connectivity index (χ0v) is 13.8. The SMILES string of the molecule is Cc1ccc(CCNc2cccc(S(C)(=O)=O)c2[N+](=O)[O-])cc1. The number of nitrogens with one attached hydrogen (secondary N) is 1. The highest BCUT2D eigenvalue weighted by atomic mass is 32.2. The number of rotatable bonds is 6. The number of aryl methyl sites for hydroxylation is 1. The Hall–Kier alpha value is -2.41. The Morgan fingerprint density at radius 2 is 1.78 bits per heavy atom. The highest BCUT2D eigenvalue weighted by molar-refractivity contribution is 7.90. The Labute approximate surface area is 135 Å². The van der Waals surface area contributed by atoms with Gasteiger partial charge >= 0.3 is 5.69 Å². The van der Waals surface area contributed by atoms with Crippen LogP contribution in [0.5, 0.6) is 0 Å². The molecular formula is C16H18N2O4S. The van der Waals surface area contributed by atoms with E-state index in [-0.39, 0.29) is 10.6 Å². The molecule has 23 heavy (non-hydrogen) atoms. The van der Waals surface area contributed by atoms with E-state index in [1.165, 1.54) is 23.8 Å². The van der Waals surface area contributed by atoms with Crippen molar-refractivity contribution in [2.75, 3.05) is 18.1 Å². The van der Waals surface area contributed by atoms with Crippen LogP contribution in [0.2, 0.25) is 0 Å². The highest BCUT2D eigenvalue weighted by Gasteiger charge is 2.25. The Morgan fingerprint density at radius 3 is 2.35 bits per heavy atom. The summed E-state index contributed by atoms with van der Waals surface area (Å²) in [7, 11) is -3.66. The summed E-state index contributed by atoms with van der Waals surface area (Å²) in [5.74, 6) is 0. The average molecular weight is 334 g/mol. The first-order valence-corrected chi connectivity index (χ1v) is 8.95. The van der Waals surface area contributed by atoms with Gasteiger partial charge in [-0.25, -0.2) is 8.42 Å². The first-order valence-electron chi connectivity index (χ1n) is 7.06. The minimum Gasteiger partial charge on any atom is -0.379 e. The van der Waals surface area contributed by atoms with Gasteiger partial charge in [0.2, 0.25) is 0 Å². The maximum Gasteiger partial charge on any atom is 0.310 e. The molecule has 2 aromatic rings. The third-order valence-electron chi connectivity index (χ3n) is 3.43.